The first-order valence-electron chi connectivity index (χ1n) is 23.4. The Morgan fingerprint density at radius 3 is 1.18 bits per heavy atom. The zero-order valence-electron chi connectivity index (χ0n) is 42.6. The number of hydrogen-bond donors (Lipinski definition) is 0. The van der Waals surface area contributed by atoms with Crippen molar-refractivity contribution >= 4 is 296 Å². The van der Waals surface area contributed by atoms with Crippen molar-refractivity contribution in [3.63, 3.8) is 0 Å². The minimum Gasteiger partial charge on any atom is -0.457 e. The molecule has 294 valence electrons. The molecule has 0 aliphatic carbocycles. The van der Waals surface area contributed by atoms with Crippen molar-refractivity contribution in [2.45, 2.75) is 0 Å². The molecule has 0 saturated heterocycles. The normalized spacial score (nSPS) is 11.6. The first kappa shape index (κ1) is 45.7. The third-order valence-corrected chi connectivity index (χ3v) is 16.9. The lowest BCUT2D eigenvalue weighted by atomic mass is 9.57. The molecule has 24 heteroatoms. The van der Waals surface area contributed by atoms with E-state index in [0.717, 1.165) is 93.3 Å². The molecule has 0 N–H and O–H groups in total. The van der Waals surface area contributed by atoms with Crippen molar-refractivity contribution in [3.05, 3.63) is 35.9 Å². The summed E-state index contributed by atoms with van der Waals surface area (Å²) in [7, 11) is 42.2. The number of fused-ring (bicyclic) bond motifs is 5. The molecule has 2 heterocycles. The molecule has 0 spiro atoms. The van der Waals surface area contributed by atoms with Crippen LogP contribution in [0.25, 0.3) is 88.8 Å². The average Bonchev–Trinajstić information content (AvgIpc) is 3.71. The van der Waals surface area contributed by atoms with Gasteiger partial charge >= 0.3 is 0 Å². The molecule has 0 aliphatic rings. The highest BCUT2D eigenvalue weighted by Gasteiger charge is 2.30. The Balaban J connectivity index is 1.51. The largest absolute Gasteiger partial charge is 0.457 e. The molecule has 0 unspecified atom stereocenters. The van der Waals surface area contributed by atoms with Crippen molar-refractivity contribution in [1.29, 1.82) is 5.26 Å². The van der Waals surface area contributed by atoms with Crippen molar-refractivity contribution in [2.75, 3.05) is 0 Å². The van der Waals surface area contributed by atoms with Gasteiger partial charge in [0.15, 0.2) is 17.5 Å². The van der Waals surface area contributed by atoms with Crippen LogP contribution in [0.15, 0.2) is 34.7 Å². The fourth-order valence-electron chi connectivity index (χ4n) is 11.3. The molecule has 0 radical (unpaired) electrons. The molecule has 0 bridgehead atoms. The standard InChI is InChI=1S/C42H43B19N4O/c43-19-8(6-62)9-10(20(44)31(55)25(49)15(9)24(48)29(19)53)11-12-13(23(47)30(54)21(11)45)17(27(51)32(56)22(12)46)41-63-40(7-4-2-1-3-5-7)64-42(65-41)18-14-16-26(50)33(57)35(59)37(61)39(16)66-38(14)36(60)34(58)28(18)52/h1-5H,43-61H2. The van der Waals surface area contributed by atoms with Gasteiger partial charge in [0, 0.05) is 32.8 Å². The van der Waals surface area contributed by atoms with Crippen molar-refractivity contribution in [2.24, 2.45) is 0 Å². The third kappa shape index (κ3) is 6.23. The summed E-state index contributed by atoms with van der Waals surface area (Å²) in [6, 6.07) is 13.0. The molecule has 0 amide bonds. The maximum atomic E-state index is 11.0. The maximum Gasteiger partial charge on any atom is 0.164 e. The Bertz CT molecular complexity index is 3770. The summed E-state index contributed by atoms with van der Waals surface area (Å²) < 4.78 is 6.96. The van der Waals surface area contributed by atoms with E-state index >= 15 is 0 Å². The fourth-order valence-corrected chi connectivity index (χ4v) is 11.3. The van der Waals surface area contributed by atoms with Crippen LogP contribution in [0.4, 0.5) is 0 Å². The van der Waals surface area contributed by atoms with Crippen LogP contribution in [-0.2, 0) is 0 Å². The van der Waals surface area contributed by atoms with Crippen molar-refractivity contribution in [3.8, 4) is 51.4 Å². The quantitative estimate of drug-likeness (QED) is 0.165. The number of aromatic nitrogens is 3. The van der Waals surface area contributed by atoms with E-state index in [4.69, 9.17) is 19.4 Å². The second kappa shape index (κ2) is 16.1. The number of rotatable bonds is 4. The van der Waals surface area contributed by atoms with E-state index in [0.29, 0.717) is 17.5 Å². The number of benzene rings is 7. The summed E-state index contributed by atoms with van der Waals surface area (Å²) in [5, 5.41) is 17.8. The van der Waals surface area contributed by atoms with Crippen LogP contribution in [0.1, 0.15) is 5.56 Å². The molecule has 7 aromatic carbocycles. The highest BCUT2D eigenvalue weighted by Crippen LogP contribution is 2.35. The Morgan fingerprint density at radius 2 is 0.667 bits per heavy atom. The van der Waals surface area contributed by atoms with E-state index in [2.05, 4.69) is 179 Å². The van der Waals surface area contributed by atoms with Gasteiger partial charge < -0.3 is 4.42 Å². The van der Waals surface area contributed by atoms with Gasteiger partial charge in [-0.05, 0) is 27.3 Å². The molecule has 2 aromatic heterocycles. The predicted molar refractivity (Wildman–Crippen MR) is 344 cm³/mol. The van der Waals surface area contributed by atoms with Crippen LogP contribution in [0.5, 0.6) is 0 Å². The lowest BCUT2D eigenvalue weighted by molar-refractivity contribution is 0.675. The number of nitriles is 1. The summed E-state index contributed by atoms with van der Waals surface area (Å²) in [5.41, 5.74) is 30.5. The fraction of sp³-hybridized carbons (Fsp3) is 0. The summed E-state index contributed by atoms with van der Waals surface area (Å²) >= 11 is 0. The SMILES string of the molecule is Bc1c(B)c(B)c2c(oc3c(B)c(B)c(B)c(-c4nc(-c5ccccc5)nc(-c5c(B)c(B)c(B)c6c(-c7c(B)c(B)c(B)c8c(B)c(B)c(B)c(C#N)c78)c(B)c(B)c(B)c56)n4)c32)c1B. The van der Waals surface area contributed by atoms with Gasteiger partial charge in [0.25, 0.3) is 0 Å². The summed E-state index contributed by atoms with van der Waals surface area (Å²) in [6.45, 7) is 0. The molecule has 5 nitrogen and oxygen atoms in total. The van der Waals surface area contributed by atoms with Gasteiger partial charge in [0.2, 0.25) is 0 Å². The molecule has 0 fully saturated rings. The van der Waals surface area contributed by atoms with E-state index in [1.165, 1.54) is 87.4 Å². The molecular weight excluding hydrogens is 782 g/mol. The maximum absolute atomic E-state index is 11.0. The van der Waals surface area contributed by atoms with Crippen LogP contribution in [0.2, 0.25) is 0 Å². The Morgan fingerprint density at radius 1 is 0.318 bits per heavy atom. The van der Waals surface area contributed by atoms with Gasteiger partial charge in [-0.15, -0.1) is 16.4 Å². The second-order valence-corrected chi connectivity index (χ2v) is 19.5. The predicted octanol–water partition coefficient (Wildman–Crippen LogP) is -22.5. The number of hydrogen-bond acceptors (Lipinski definition) is 5. The summed E-state index contributed by atoms with van der Waals surface area (Å²) in [4.78, 5) is 16.6. The molecule has 66 heavy (non-hydrogen) atoms. The zero-order valence-corrected chi connectivity index (χ0v) is 42.6. The van der Waals surface area contributed by atoms with Gasteiger partial charge in [0.1, 0.15) is 160 Å². The molecule has 9 rings (SSSR count). The van der Waals surface area contributed by atoms with E-state index in [9.17, 15) is 5.26 Å². The lowest BCUT2D eigenvalue weighted by Crippen LogP contribution is -2.50. The van der Waals surface area contributed by atoms with Gasteiger partial charge in [-0.1, -0.05) is 118 Å². The second-order valence-electron chi connectivity index (χ2n) is 19.5. The number of nitrogens with zero attached hydrogens (tertiary/aromatic N) is 4. The van der Waals surface area contributed by atoms with E-state index in [-0.39, 0.29) is 0 Å². The third-order valence-electron chi connectivity index (χ3n) is 16.9. The van der Waals surface area contributed by atoms with Crippen LogP contribution in [0, 0.1) is 11.3 Å². The summed E-state index contributed by atoms with van der Waals surface area (Å²) in [6.07, 6.45) is 0. The molecular formula is C42H43B19N4O. The first-order valence-corrected chi connectivity index (χ1v) is 23.4. The van der Waals surface area contributed by atoms with Gasteiger partial charge in [-0.3, -0.25) is 0 Å². The van der Waals surface area contributed by atoms with Crippen LogP contribution in [0.3, 0.4) is 0 Å². The molecule has 0 saturated carbocycles. The minimum absolute atomic E-state index is 0.623. The highest BCUT2D eigenvalue weighted by molar-refractivity contribution is 6.73. The van der Waals surface area contributed by atoms with Gasteiger partial charge in [-0.25, -0.2) is 15.0 Å². The number of furan rings is 1. The van der Waals surface area contributed by atoms with Crippen molar-refractivity contribution in [1.82, 2.24) is 15.0 Å². The summed E-state index contributed by atoms with van der Waals surface area (Å²) in [5.74, 6) is 1.89. The molecule has 0 atom stereocenters. The zero-order chi connectivity index (χ0) is 47.9. The topological polar surface area (TPSA) is 75.6 Å². The Hall–Kier alpha value is -5.41. The highest BCUT2D eigenvalue weighted by atomic mass is 16.3. The monoisotopic (exact) mass is 829 g/mol. The Kier molecular flexibility index (Phi) is 11.2. The smallest absolute Gasteiger partial charge is 0.164 e. The molecule has 9 aromatic rings. The van der Waals surface area contributed by atoms with E-state index in [1.54, 1.807) is 0 Å². The molecule has 0 aliphatic heterocycles. The van der Waals surface area contributed by atoms with E-state index < -0.39 is 0 Å². The van der Waals surface area contributed by atoms with Crippen LogP contribution in [-0.4, -0.2) is 164 Å². The van der Waals surface area contributed by atoms with Gasteiger partial charge in [0.05, 0.1) is 11.6 Å². The van der Waals surface area contributed by atoms with Crippen molar-refractivity contribution < 1.29 is 4.42 Å². The van der Waals surface area contributed by atoms with Crippen LogP contribution < -0.4 is 104 Å². The van der Waals surface area contributed by atoms with Crippen LogP contribution >= 0.6 is 0 Å². The minimum atomic E-state index is 0.623. The average molecular weight is 825 g/mol. The lowest BCUT2D eigenvalue weighted by Gasteiger charge is -2.29. The van der Waals surface area contributed by atoms with E-state index in [1.807, 2.05) is 6.07 Å². The first-order chi connectivity index (χ1) is 31.2. The van der Waals surface area contributed by atoms with Gasteiger partial charge in [-0.2, -0.15) is 5.26 Å². The Labute approximate surface area is 405 Å².